The van der Waals surface area contributed by atoms with Gasteiger partial charge in [-0.2, -0.15) is 0 Å². The first-order chi connectivity index (χ1) is 9.58. The molecule has 1 aliphatic carbocycles. The van der Waals surface area contributed by atoms with Crippen molar-refractivity contribution in [1.29, 1.82) is 0 Å². The third kappa shape index (κ3) is 1.96. The Morgan fingerprint density at radius 3 is 2.95 bits per heavy atom. The summed E-state index contributed by atoms with van der Waals surface area (Å²) in [4.78, 5) is 23.5. The second-order valence-corrected chi connectivity index (χ2v) is 5.10. The number of rotatable bonds is 2. The zero-order chi connectivity index (χ0) is 14.3. The van der Waals surface area contributed by atoms with Crippen LogP contribution in [0.3, 0.4) is 0 Å². The molecule has 1 aliphatic rings. The lowest BCUT2D eigenvalue weighted by Gasteiger charge is -2.12. The number of hydrogen-bond acceptors (Lipinski definition) is 6. The van der Waals surface area contributed by atoms with E-state index in [2.05, 4.69) is 9.59 Å². The van der Waals surface area contributed by atoms with Crippen molar-refractivity contribution in [2.24, 2.45) is 0 Å². The Balaban J connectivity index is 2.05. The highest BCUT2D eigenvalue weighted by atomic mass is 32.1. The number of carboxylic acid groups (broad SMARTS) is 1. The summed E-state index contributed by atoms with van der Waals surface area (Å²) in [6, 6.07) is 0. The number of aromatic carboxylic acids is 1. The quantitative estimate of drug-likeness (QED) is 0.853. The summed E-state index contributed by atoms with van der Waals surface area (Å²) in [5.74, 6) is -1.04. The van der Waals surface area contributed by atoms with Gasteiger partial charge in [0.2, 0.25) is 5.76 Å². The van der Waals surface area contributed by atoms with E-state index in [9.17, 15) is 9.59 Å². The highest BCUT2D eigenvalue weighted by Crippen LogP contribution is 2.32. The van der Waals surface area contributed by atoms with Crippen molar-refractivity contribution in [3.8, 4) is 0 Å². The molecule has 1 N–H and O–H groups in total. The molecule has 0 unspecified atom stereocenters. The predicted octanol–water partition coefficient (Wildman–Crippen LogP) is 2.35. The second-order valence-electron chi connectivity index (χ2n) is 4.49. The largest absolute Gasteiger partial charge is 0.475 e. The molecule has 2 aromatic heterocycles. The molecule has 0 fully saturated rings. The minimum absolute atomic E-state index is 0.153. The monoisotopic (exact) mass is 290 g/mol. The first-order valence-electron chi connectivity index (χ1n) is 5.96. The molecule has 0 atom stereocenters. The number of carboxylic acids is 1. The Hall–Kier alpha value is -2.28. The molecule has 0 saturated carbocycles. The van der Waals surface area contributed by atoms with Crippen molar-refractivity contribution in [1.82, 2.24) is 9.59 Å². The Labute approximate surface area is 117 Å². The van der Waals surface area contributed by atoms with E-state index in [-0.39, 0.29) is 11.5 Å². The van der Waals surface area contributed by atoms with Crippen LogP contribution in [0.15, 0.2) is 15.4 Å². The van der Waals surface area contributed by atoms with Crippen LogP contribution in [0, 0.1) is 6.92 Å². The number of furan rings is 1. The minimum atomic E-state index is -1.15. The van der Waals surface area contributed by atoms with E-state index >= 15 is 0 Å². The first-order valence-corrected chi connectivity index (χ1v) is 6.79. The molecule has 0 saturated heterocycles. The van der Waals surface area contributed by atoms with Gasteiger partial charge >= 0.3 is 5.97 Å². The zero-order valence-corrected chi connectivity index (χ0v) is 11.4. The topological polar surface area (TPSA) is 93.3 Å². The van der Waals surface area contributed by atoms with Crippen LogP contribution in [0.5, 0.6) is 0 Å². The maximum absolute atomic E-state index is 12.4. The van der Waals surface area contributed by atoms with E-state index in [0.717, 1.165) is 0 Å². The highest BCUT2D eigenvalue weighted by molar-refractivity contribution is 7.03. The Morgan fingerprint density at radius 2 is 2.30 bits per heavy atom. The Morgan fingerprint density at radius 1 is 1.50 bits per heavy atom. The molecule has 0 bridgehead atoms. The lowest BCUT2D eigenvalue weighted by molar-refractivity contribution is 0.0659. The van der Waals surface area contributed by atoms with Crippen LogP contribution in [0.2, 0.25) is 0 Å². The van der Waals surface area contributed by atoms with Gasteiger partial charge in [0.25, 0.3) is 0 Å². The average molecular weight is 290 g/mol. The van der Waals surface area contributed by atoms with E-state index in [1.54, 1.807) is 18.4 Å². The van der Waals surface area contributed by atoms with Crippen molar-refractivity contribution in [2.45, 2.75) is 19.8 Å². The highest BCUT2D eigenvalue weighted by Gasteiger charge is 2.31. The van der Waals surface area contributed by atoms with E-state index in [1.807, 2.05) is 0 Å². The van der Waals surface area contributed by atoms with Gasteiger partial charge in [-0.3, -0.25) is 4.79 Å². The fraction of sp³-hybridized carbons (Fsp3) is 0.231. The SMILES string of the molecule is Cc1c(C(=O)O)oc2c1C(=O)/C(=C\c1csnn1)CC2. The number of Topliss-reactive ketones (excluding diaryl/α,β-unsaturated/α-hetero) is 1. The molecule has 0 aliphatic heterocycles. The smallest absolute Gasteiger partial charge is 0.372 e. The minimum Gasteiger partial charge on any atom is -0.475 e. The van der Waals surface area contributed by atoms with Crippen LogP contribution in [-0.2, 0) is 6.42 Å². The van der Waals surface area contributed by atoms with Gasteiger partial charge in [-0.25, -0.2) is 4.79 Å². The molecular weight excluding hydrogens is 280 g/mol. The maximum atomic E-state index is 12.4. The van der Waals surface area contributed by atoms with Gasteiger partial charge in [0.1, 0.15) is 5.76 Å². The molecule has 7 heteroatoms. The fourth-order valence-electron chi connectivity index (χ4n) is 2.32. The molecule has 3 rings (SSSR count). The van der Waals surface area contributed by atoms with Crippen LogP contribution < -0.4 is 0 Å². The summed E-state index contributed by atoms with van der Waals surface area (Å²) in [5.41, 5.74) is 2.01. The van der Waals surface area contributed by atoms with Gasteiger partial charge in [-0.05, 0) is 31.0 Å². The van der Waals surface area contributed by atoms with E-state index in [4.69, 9.17) is 9.52 Å². The van der Waals surface area contributed by atoms with E-state index in [1.165, 1.54) is 11.5 Å². The number of allylic oxidation sites excluding steroid dienone is 1. The summed E-state index contributed by atoms with van der Waals surface area (Å²) < 4.78 is 9.02. The van der Waals surface area contributed by atoms with Gasteiger partial charge in [-0.1, -0.05) is 4.49 Å². The summed E-state index contributed by atoms with van der Waals surface area (Å²) >= 11 is 1.21. The van der Waals surface area contributed by atoms with E-state index < -0.39 is 5.97 Å². The number of fused-ring (bicyclic) bond motifs is 1. The molecule has 2 aromatic rings. The van der Waals surface area contributed by atoms with Gasteiger partial charge in [-0.15, -0.1) is 5.10 Å². The van der Waals surface area contributed by atoms with Crippen LogP contribution in [0.1, 0.15) is 44.4 Å². The normalized spacial score (nSPS) is 16.4. The molecule has 0 aromatic carbocycles. The Kier molecular flexibility index (Phi) is 2.98. The number of carbonyl (C=O) groups excluding carboxylic acids is 1. The van der Waals surface area contributed by atoms with Crippen LogP contribution in [0.4, 0.5) is 0 Å². The van der Waals surface area contributed by atoms with Crippen molar-refractivity contribution in [3.05, 3.63) is 39.3 Å². The summed E-state index contributed by atoms with van der Waals surface area (Å²) in [7, 11) is 0. The molecule has 0 radical (unpaired) electrons. The van der Waals surface area contributed by atoms with Crippen molar-refractivity contribution in [3.63, 3.8) is 0 Å². The van der Waals surface area contributed by atoms with Crippen LogP contribution >= 0.6 is 11.5 Å². The second kappa shape index (κ2) is 4.68. The number of ketones is 1. The number of hydrogen-bond donors (Lipinski definition) is 1. The molecular formula is C13H10N2O4S. The lowest BCUT2D eigenvalue weighted by Crippen LogP contribution is -2.13. The summed E-state index contributed by atoms with van der Waals surface area (Å²) in [5, 5.41) is 14.7. The van der Waals surface area contributed by atoms with Gasteiger partial charge in [0.05, 0.1) is 11.3 Å². The molecule has 102 valence electrons. The van der Waals surface area contributed by atoms with Crippen LogP contribution in [-0.4, -0.2) is 26.4 Å². The zero-order valence-electron chi connectivity index (χ0n) is 10.5. The molecule has 2 heterocycles. The number of aryl methyl sites for hydroxylation is 1. The number of nitrogens with zero attached hydrogens (tertiary/aromatic N) is 2. The standard InChI is InChI=1S/C13H10N2O4S/c1-6-10-9(19-12(6)13(17)18)3-2-7(11(10)16)4-8-5-20-15-14-8/h4-5H,2-3H2,1H3,(H,17,18)/b7-4-. The predicted molar refractivity (Wildman–Crippen MR) is 70.9 cm³/mol. The third-order valence-electron chi connectivity index (χ3n) is 3.25. The van der Waals surface area contributed by atoms with Gasteiger partial charge < -0.3 is 9.52 Å². The van der Waals surface area contributed by atoms with Crippen LogP contribution in [0.25, 0.3) is 6.08 Å². The molecule has 0 spiro atoms. The average Bonchev–Trinajstić information content (AvgIpc) is 3.01. The van der Waals surface area contributed by atoms with E-state index in [0.29, 0.717) is 41.0 Å². The summed E-state index contributed by atoms with van der Waals surface area (Å²) in [6.45, 7) is 1.59. The van der Waals surface area contributed by atoms with Gasteiger partial charge in [0, 0.05) is 22.9 Å². The third-order valence-corrected chi connectivity index (χ3v) is 3.78. The van der Waals surface area contributed by atoms with Crippen molar-refractivity contribution >= 4 is 29.4 Å². The lowest BCUT2D eigenvalue weighted by atomic mass is 9.89. The number of aromatic nitrogens is 2. The fourth-order valence-corrected chi connectivity index (χ4v) is 2.74. The maximum Gasteiger partial charge on any atom is 0.372 e. The van der Waals surface area contributed by atoms with Gasteiger partial charge in [0.15, 0.2) is 5.78 Å². The Bertz CT molecular complexity index is 728. The number of carbonyl (C=O) groups is 2. The molecule has 20 heavy (non-hydrogen) atoms. The van der Waals surface area contributed by atoms with Crippen molar-refractivity contribution in [2.75, 3.05) is 0 Å². The first kappa shape index (κ1) is 12.7. The molecule has 6 nitrogen and oxygen atoms in total. The molecule has 0 amide bonds. The van der Waals surface area contributed by atoms with Crippen molar-refractivity contribution < 1.29 is 19.1 Å². The summed E-state index contributed by atoms with van der Waals surface area (Å²) in [6.07, 6.45) is 2.72.